The molecule has 2 bridgehead atoms. The van der Waals surface area contributed by atoms with Crippen molar-refractivity contribution >= 4 is 11.8 Å². The minimum atomic E-state index is -0.292. The number of fused-ring (bicyclic) bond motifs is 2. The molecule has 6 heteroatoms. The van der Waals surface area contributed by atoms with Crippen molar-refractivity contribution in [2.45, 2.75) is 50.7 Å². The van der Waals surface area contributed by atoms with Gasteiger partial charge < -0.3 is 15.1 Å². The average Bonchev–Trinajstić information content (AvgIpc) is 2.95. The highest BCUT2D eigenvalue weighted by Gasteiger charge is 2.35. The van der Waals surface area contributed by atoms with E-state index in [-0.39, 0.29) is 24.2 Å². The van der Waals surface area contributed by atoms with Crippen LogP contribution in [0.5, 0.6) is 0 Å². The summed E-state index contributed by atoms with van der Waals surface area (Å²) >= 11 is 0. The normalized spacial score (nSPS) is 28.5. The minimum absolute atomic E-state index is 0.0563. The highest BCUT2D eigenvalue weighted by molar-refractivity contribution is 5.86. The van der Waals surface area contributed by atoms with Crippen LogP contribution in [0.3, 0.4) is 0 Å². The van der Waals surface area contributed by atoms with E-state index in [4.69, 9.17) is 0 Å². The van der Waals surface area contributed by atoms with Gasteiger partial charge >= 0.3 is 0 Å². The van der Waals surface area contributed by atoms with E-state index in [1.165, 1.54) is 25.0 Å². The van der Waals surface area contributed by atoms with Gasteiger partial charge in [0, 0.05) is 38.1 Å². The Kier molecular flexibility index (Phi) is 4.94. The lowest BCUT2D eigenvalue weighted by atomic mass is 9.89. The number of amides is 2. The molecule has 3 aliphatic rings. The van der Waals surface area contributed by atoms with Crippen molar-refractivity contribution in [1.82, 2.24) is 15.1 Å². The first-order valence-corrected chi connectivity index (χ1v) is 9.63. The number of rotatable bonds is 4. The molecule has 0 spiro atoms. The molecular weight excluding hydrogens is 333 g/mol. The Hall–Kier alpha value is -1.95. The Morgan fingerprint density at radius 1 is 1.19 bits per heavy atom. The minimum Gasteiger partial charge on any atom is -0.335 e. The molecule has 1 N–H and O–H groups in total. The molecule has 2 atom stereocenters. The van der Waals surface area contributed by atoms with Crippen molar-refractivity contribution in [3.8, 4) is 0 Å². The van der Waals surface area contributed by atoms with Crippen LogP contribution in [-0.2, 0) is 16.1 Å². The first-order valence-electron chi connectivity index (χ1n) is 9.63. The van der Waals surface area contributed by atoms with E-state index in [0.717, 1.165) is 18.4 Å². The largest absolute Gasteiger partial charge is 0.335 e. The lowest BCUT2D eigenvalue weighted by Crippen LogP contribution is -2.52. The lowest BCUT2D eigenvalue weighted by Gasteiger charge is -2.36. The van der Waals surface area contributed by atoms with E-state index in [1.807, 2.05) is 6.07 Å². The summed E-state index contributed by atoms with van der Waals surface area (Å²) in [6.45, 7) is 1.62. The highest BCUT2D eigenvalue weighted by atomic mass is 19.1. The van der Waals surface area contributed by atoms with E-state index in [9.17, 15) is 14.0 Å². The highest BCUT2D eigenvalue weighted by Crippen LogP contribution is 2.33. The molecule has 3 aliphatic heterocycles. The number of nitrogens with one attached hydrogen (secondary N) is 1. The van der Waals surface area contributed by atoms with Crippen LogP contribution in [0.2, 0.25) is 0 Å². The van der Waals surface area contributed by atoms with Gasteiger partial charge in [-0.2, -0.15) is 0 Å². The maximum Gasteiger partial charge on any atom is 0.242 e. The predicted molar refractivity (Wildman–Crippen MR) is 95.7 cm³/mol. The monoisotopic (exact) mass is 359 g/mol. The first-order chi connectivity index (χ1) is 12.6. The van der Waals surface area contributed by atoms with Crippen LogP contribution in [0.25, 0.3) is 0 Å². The van der Waals surface area contributed by atoms with Crippen molar-refractivity contribution in [2.24, 2.45) is 5.92 Å². The molecule has 3 saturated heterocycles. The molecule has 0 aromatic heterocycles. The molecule has 1 aromatic carbocycles. The Bertz CT molecular complexity index is 683. The van der Waals surface area contributed by atoms with Gasteiger partial charge in [-0.1, -0.05) is 12.1 Å². The third kappa shape index (κ3) is 3.90. The van der Waals surface area contributed by atoms with Crippen LogP contribution in [0, 0.1) is 11.7 Å². The molecule has 0 saturated carbocycles. The number of piperazine rings is 1. The fraction of sp³-hybridized carbons (Fsp3) is 0.600. The van der Waals surface area contributed by atoms with Crippen LogP contribution in [-0.4, -0.2) is 53.3 Å². The third-order valence-electron chi connectivity index (χ3n) is 5.97. The number of piperidine rings is 1. The van der Waals surface area contributed by atoms with E-state index in [0.29, 0.717) is 44.1 Å². The molecule has 2 unspecified atom stereocenters. The smallest absolute Gasteiger partial charge is 0.242 e. The standard InChI is InChI=1S/C20H26FN3O2/c21-16-3-1-2-14(8-16)12-23-6-7-24(13-20(23)26)19(25)11-15-9-17-4-5-18(10-15)22-17/h1-3,8,15,17-18,22H,4-7,9-13H2. The molecule has 3 fully saturated rings. The molecule has 140 valence electrons. The van der Waals surface area contributed by atoms with Gasteiger partial charge in [-0.3, -0.25) is 9.59 Å². The number of carbonyl (C=O) groups excluding carboxylic acids is 2. The van der Waals surface area contributed by atoms with Gasteiger partial charge in [-0.15, -0.1) is 0 Å². The van der Waals surface area contributed by atoms with Crippen molar-refractivity contribution < 1.29 is 14.0 Å². The summed E-state index contributed by atoms with van der Waals surface area (Å²) in [5.41, 5.74) is 0.781. The summed E-state index contributed by atoms with van der Waals surface area (Å²) in [6.07, 6.45) is 5.18. The van der Waals surface area contributed by atoms with Crippen LogP contribution in [0.4, 0.5) is 4.39 Å². The fourth-order valence-electron chi connectivity index (χ4n) is 4.66. The first kappa shape index (κ1) is 17.5. The van der Waals surface area contributed by atoms with Crippen LogP contribution < -0.4 is 5.32 Å². The summed E-state index contributed by atoms with van der Waals surface area (Å²) in [5.74, 6) is 0.204. The third-order valence-corrected chi connectivity index (χ3v) is 5.97. The zero-order valence-corrected chi connectivity index (χ0v) is 15.0. The SMILES string of the molecule is O=C(CC1CC2CCC(C1)N2)N1CCN(Cc2cccc(F)c2)C(=O)C1. The summed E-state index contributed by atoms with van der Waals surface area (Å²) in [7, 11) is 0. The van der Waals surface area contributed by atoms with Gasteiger partial charge in [0.2, 0.25) is 11.8 Å². The van der Waals surface area contributed by atoms with Crippen molar-refractivity contribution in [3.05, 3.63) is 35.6 Å². The van der Waals surface area contributed by atoms with Gasteiger partial charge in [0.1, 0.15) is 5.82 Å². The van der Waals surface area contributed by atoms with E-state index >= 15 is 0 Å². The van der Waals surface area contributed by atoms with Crippen LogP contribution in [0.15, 0.2) is 24.3 Å². The molecule has 5 nitrogen and oxygen atoms in total. The quantitative estimate of drug-likeness (QED) is 0.894. The predicted octanol–water partition coefficient (Wildman–Crippen LogP) is 1.92. The van der Waals surface area contributed by atoms with Gasteiger partial charge in [-0.05, 0) is 49.3 Å². The molecule has 26 heavy (non-hydrogen) atoms. The van der Waals surface area contributed by atoms with Gasteiger partial charge in [0.25, 0.3) is 0 Å². The average molecular weight is 359 g/mol. The molecule has 2 amide bonds. The van der Waals surface area contributed by atoms with Crippen LogP contribution >= 0.6 is 0 Å². The van der Waals surface area contributed by atoms with Crippen LogP contribution in [0.1, 0.15) is 37.7 Å². The zero-order valence-electron chi connectivity index (χ0n) is 15.0. The van der Waals surface area contributed by atoms with Gasteiger partial charge in [-0.25, -0.2) is 4.39 Å². The van der Waals surface area contributed by atoms with E-state index < -0.39 is 0 Å². The molecule has 1 aromatic rings. The second-order valence-corrected chi connectivity index (χ2v) is 7.94. The maximum absolute atomic E-state index is 13.3. The second kappa shape index (κ2) is 7.35. The zero-order chi connectivity index (χ0) is 18.1. The Morgan fingerprint density at radius 2 is 1.96 bits per heavy atom. The van der Waals surface area contributed by atoms with E-state index in [1.54, 1.807) is 15.9 Å². The number of benzene rings is 1. The maximum atomic E-state index is 13.3. The molecule has 0 radical (unpaired) electrons. The van der Waals surface area contributed by atoms with Gasteiger partial charge in [0.15, 0.2) is 0 Å². The Morgan fingerprint density at radius 3 is 2.65 bits per heavy atom. The fourth-order valence-corrected chi connectivity index (χ4v) is 4.66. The topological polar surface area (TPSA) is 52.7 Å². The number of halogens is 1. The number of hydrogen-bond donors (Lipinski definition) is 1. The number of hydrogen-bond acceptors (Lipinski definition) is 3. The number of carbonyl (C=O) groups is 2. The Labute approximate surface area is 153 Å². The molecular formula is C20H26FN3O2. The Balaban J connectivity index is 1.29. The van der Waals surface area contributed by atoms with Crippen molar-refractivity contribution in [1.29, 1.82) is 0 Å². The van der Waals surface area contributed by atoms with E-state index in [2.05, 4.69) is 5.32 Å². The van der Waals surface area contributed by atoms with Gasteiger partial charge in [0.05, 0.1) is 6.54 Å². The summed E-state index contributed by atoms with van der Waals surface area (Å²) < 4.78 is 13.3. The number of nitrogens with zero attached hydrogens (tertiary/aromatic N) is 2. The lowest BCUT2D eigenvalue weighted by molar-refractivity contribution is -0.146. The molecule has 4 rings (SSSR count). The summed E-state index contributed by atoms with van der Waals surface area (Å²) in [4.78, 5) is 28.5. The molecule has 0 aliphatic carbocycles. The summed E-state index contributed by atoms with van der Waals surface area (Å²) in [6, 6.07) is 7.48. The van der Waals surface area contributed by atoms with Crippen molar-refractivity contribution in [3.63, 3.8) is 0 Å². The summed E-state index contributed by atoms with van der Waals surface area (Å²) in [5, 5.41) is 3.60. The van der Waals surface area contributed by atoms with Crippen molar-refractivity contribution in [2.75, 3.05) is 19.6 Å². The second-order valence-electron chi connectivity index (χ2n) is 7.94. The molecule has 3 heterocycles.